The number of rotatable bonds is 3. The van der Waals surface area contributed by atoms with Gasteiger partial charge in [-0.2, -0.15) is 0 Å². The van der Waals surface area contributed by atoms with E-state index in [2.05, 4.69) is 74.4 Å². The first-order valence-electron chi connectivity index (χ1n) is 7.94. The summed E-state index contributed by atoms with van der Waals surface area (Å²) in [6.45, 7) is 20.5. The summed E-state index contributed by atoms with van der Waals surface area (Å²) >= 11 is -0.647. The van der Waals surface area contributed by atoms with Gasteiger partial charge in [0.15, 0.2) is 0 Å². The van der Waals surface area contributed by atoms with E-state index >= 15 is 0 Å². The third-order valence-electron chi connectivity index (χ3n) is 3.65. The minimum absolute atomic E-state index is 0.103. The molecule has 0 aliphatic carbocycles. The Morgan fingerprint density at radius 2 is 1.45 bits per heavy atom. The predicted octanol–water partition coefficient (Wildman–Crippen LogP) is 5.08. The molecule has 22 heavy (non-hydrogen) atoms. The summed E-state index contributed by atoms with van der Waals surface area (Å²) in [5, 5.41) is 0. The first-order valence-corrected chi connectivity index (χ1v) is 11.7. The van der Waals surface area contributed by atoms with Gasteiger partial charge < -0.3 is 0 Å². The maximum atomic E-state index is 6.43. The molecule has 0 amide bonds. The zero-order chi connectivity index (χ0) is 17.3. The van der Waals surface area contributed by atoms with Gasteiger partial charge in [0.25, 0.3) is 0 Å². The molecule has 0 spiro atoms. The molecule has 2 radical (unpaired) electrons. The van der Waals surface area contributed by atoms with Crippen LogP contribution in [0.15, 0.2) is 12.1 Å². The van der Waals surface area contributed by atoms with Crippen molar-refractivity contribution in [3.05, 3.63) is 28.8 Å². The zero-order valence-corrected chi connectivity index (χ0v) is 18.5. The van der Waals surface area contributed by atoms with Crippen LogP contribution in [0.1, 0.15) is 79.0 Å². The summed E-state index contributed by atoms with van der Waals surface area (Å²) in [5.41, 5.74) is 4.13. The monoisotopic (exact) mass is 384 g/mol. The van der Waals surface area contributed by atoms with Crippen LogP contribution < -0.4 is 4.40 Å². The number of hydrogen-bond acceptors (Lipinski definition) is 1. The van der Waals surface area contributed by atoms with Gasteiger partial charge in [-0.05, 0) is 0 Å². The standard InChI is InChI=1S/C19H31ClGeO/c1-17(2,3)14-10-13(12-22-19(7,8)9)16(21-20)15(11-14)18(4,5)6/h10-11H,12H2,1-9H3. The average molecular weight is 384 g/mol. The molecule has 0 atom stereocenters. The Hall–Kier alpha value is 0.0129. The minimum atomic E-state index is -0.647. The molecule has 1 aromatic carbocycles. The van der Waals surface area contributed by atoms with Crippen LogP contribution in [-0.2, 0) is 22.2 Å². The van der Waals surface area contributed by atoms with Crippen molar-refractivity contribution in [2.75, 3.05) is 0 Å². The van der Waals surface area contributed by atoms with Crippen molar-refractivity contribution in [2.45, 2.75) is 85.4 Å². The third-order valence-corrected chi connectivity index (χ3v) is 6.27. The van der Waals surface area contributed by atoms with Crippen LogP contribution in [-0.4, -0.2) is 20.1 Å². The molecule has 0 aliphatic rings. The van der Waals surface area contributed by atoms with Crippen LogP contribution in [0.4, 0.5) is 0 Å². The molecule has 124 valence electrons. The van der Waals surface area contributed by atoms with Crippen LogP contribution in [0.2, 0.25) is 0 Å². The van der Waals surface area contributed by atoms with E-state index in [0.29, 0.717) is 6.61 Å². The molecule has 0 aromatic heterocycles. The Balaban J connectivity index is 3.45. The van der Waals surface area contributed by atoms with Gasteiger partial charge in [0.2, 0.25) is 0 Å². The van der Waals surface area contributed by atoms with E-state index in [1.54, 1.807) is 0 Å². The average Bonchev–Trinajstić information content (AvgIpc) is 2.31. The van der Waals surface area contributed by atoms with E-state index < -0.39 is 14.5 Å². The number of benzene rings is 1. The summed E-state index contributed by atoms with van der Waals surface area (Å²) in [6, 6.07) is 4.67. The van der Waals surface area contributed by atoms with Gasteiger partial charge in [-0.15, -0.1) is 0 Å². The van der Waals surface area contributed by atoms with Gasteiger partial charge in [0, 0.05) is 0 Å². The quantitative estimate of drug-likeness (QED) is 0.662. The molecule has 0 unspecified atom stereocenters. The van der Waals surface area contributed by atoms with Crippen molar-refractivity contribution in [1.82, 2.24) is 0 Å². The Bertz CT molecular complexity index is 516. The van der Waals surface area contributed by atoms with E-state index in [-0.39, 0.29) is 16.4 Å². The fourth-order valence-electron chi connectivity index (χ4n) is 2.25. The molecular weight excluding hydrogens is 352 g/mol. The second kappa shape index (κ2) is 6.87. The molecule has 1 aromatic rings. The van der Waals surface area contributed by atoms with Gasteiger partial charge in [-0.3, -0.25) is 0 Å². The van der Waals surface area contributed by atoms with Gasteiger partial charge in [0.05, 0.1) is 0 Å². The summed E-state index contributed by atoms with van der Waals surface area (Å²) in [6.07, 6.45) is 0. The number of halogens is 1. The first kappa shape index (κ1) is 20.1. The van der Waals surface area contributed by atoms with Gasteiger partial charge >= 0.3 is 148 Å². The number of ether oxygens (including phenoxy) is 1. The Labute approximate surface area is 147 Å². The van der Waals surface area contributed by atoms with Crippen molar-refractivity contribution >= 4 is 28.9 Å². The fraction of sp³-hybridized carbons (Fsp3) is 0.684. The van der Waals surface area contributed by atoms with Crippen molar-refractivity contribution in [2.24, 2.45) is 0 Å². The van der Waals surface area contributed by atoms with E-state index in [1.807, 2.05) is 0 Å². The molecule has 0 saturated carbocycles. The van der Waals surface area contributed by atoms with E-state index in [0.717, 1.165) is 0 Å². The van der Waals surface area contributed by atoms with Gasteiger partial charge in [0.1, 0.15) is 0 Å². The van der Waals surface area contributed by atoms with Crippen LogP contribution in [0, 0.1) is 0 Å². The SMILES string of the molecule is CC(C)(C)OCc1cc(C(C)(C)C)cc(C(C)(C)C)[c]1[Ge][Cl]. The molecule has 0 N–H and O–H groups in total. The van der Waals surface area contributed by atoms with Crippen LogP contribution in [0.3, 0.4) is 0 Å². The predicted molar refractivity (Wildman–Crippen MR) is 99.6 cm³/mol. The summed E-state index contributed by atoms with van der Waals surface area (Å²) in [5.74, 6) is 0. The molecule has 0 fully saturated rings. The second-order valence-electron chi connectivity index (χ2n) is 9.05. The molecule has 3 heteroatoms. The molecule has 0 heterocycles. The van der Waals surface area contributed by atoms with E-state index in [4.69, 9.17) is 14.7 Å². The zero-order valence-electron chi connectivity index (χ0n) is 15.6. The van der Waals surface area contributed by atoms with Crippen molar-refractivity contribution < 1.29 is 4.74 Å². The van der Waals surface area contributed by atoms with Gasteiger partial charge in [-0.1, -0.05) is 0 Å². The normalized spacial score (nSPS) is 13.5. The Kier molecular flexibility index (Phi) is 6.26. The topological polar surface area (TPSA) is 9.23 Å². The van der Waals surface area contributed by atoms with Crippen LogP contribution in [0.25, 0.3) is 0 Å². The van der Waals surface area contributed by atoms with Crippen molar-refractivity contribution in [1.29, 1.82) is 0 Å². The van der Waals surface area contributed by atoms with Crippen molar-refractivity contribution in [3.8, 4) is 0 Å². The molecule has 1 rings (SSSR count). The Morgan fingerprint density at radius 3 is 1.82 bits per heavy atom. The summed E-state index contributed by atoms with van der Waals surface area (Å²) in [7, 11) is 6.43. The molecule has 0 bridgehead atoms. The molecule has 0 saturated heterocycles. The van der Waals surface area contributed by atoms with Crippen LogP contribution in [0.5, 0.6) is 0 Å². The van der Waals surface area contributed by atoms with Crippen LogP contribution >= 0.6 is 10.0 Å². The first-order chi connectivity index (χ1) is 9.75. The van der Waals surface area contributed by atoms with E-state index in [9.17, 15) is 0 Å². The summed E-state index contributed by atoms with van der Waals surface area (Å²) < 4.78 is 7.41. The third kappa shape index (κ3) is 5.58. The van der Waals surface area contributed by atoms with Gasteiger partial charge in [-0.25, -0.2) is 0 Å². The second-order valence-corrected chi connectivity index (χ2v) is 11.5. The molecule has 0 aliphatic heterocycles. The maximum absolute atomic E-state index is 6.43. The Morgan fingerprint density at radius 1 is 0.909 bits per heavy atom. The molecule has 1 nitrogen and oxygen atoms in total. The summed E-state index contributed by atoms with van der Waals surface area (Å²) in [4.78, 5) is 0. The van der Waals surface area contributed by atoms with E-state index in [1.165, 1.54) is 21.1 Å². The molecular formula is C19H31ClGeO. The van der Waals surface area contributed by atoms with Crippen molar-refractivity contribution in [3.63, 3.8) is 0 Å². The number of hydrogen-bond donors (Lipinski definition) is 0. The fourth-order valence-corrected chi connectivity index (χ4v) is 5.12.